The van der Waals surface area contributed by atoms with E-state index >= 15 is 0 Å². The van der Waals surface area contributed by atoms with Gasteiger partial charge in [0.15, 0.2) is 0 Å². The molecule has 0 saturated carbocycles. The molecular weight excluding hydrogens is 380 g/mol. The highest BCUT2D eigenvalue weighted by atomic mass is 16.4. The maximum atomic E-state index is 12.8. The Kier molecular flexibility index (Phi) is 6.67. The number of rotatable bonds is 8. The first-order valence-electron chi connectivity index (χ1n) is 10.2. The summed E-state index contributed by atoms with van der Waals surface area (Å²) >= 11 is 0. The van der Waals surface area contributed by atoms with Gasteiger partial charge in [-0.15, -0.1) is 0 Å². The topological polar surface area (TPSA) is 81.3 Å². The van der Waals surface area contributed by atoms with Crippen LogP contribution in [0.25, 0.3) is 11.1 Å². The molecular formula is C24H26N2O4. The largest absolute Gasteiger partial charge is 0.478 e. The zero-order valence-corrected chi connectivity index (χ0v) is 17.3. The summed E-state index contributed by atoms with van der Waals surface area (Å²) in [5.41, 5.74) is 3.14. The third kappa shape index (κ3) is 4.43. The zero-order valence-electron chi connectivity index (χ0n) is 17.3. The van der Waals surface area contributed by atoms with Crippen molar-refractivity contribution in [1.29, 1.82) is 0 Å². The fourth-order valence-corrected chi connectivity index (χ4v) is 3.56. The third-order valence-corrected chi connectivity index (χ3v) is 5.06. The number of carbonyl (C=O) groups is 2. The van der Waals surface area contributed by atoms with Crippen LogP contribution in [0, 0.1) is 0 Å². The van der Waals surface area contributed by atoms with E-state index in [9.17, 15) is 19.5 Å². The maximum absolute atomic E-state index is 12.8. The van der Waals surface area contributed by atoms with Gasteiger partial charge in [-0.25, -0.2) is 14.2 Å². The molecule has 3 rings (SSSR count). The van der Waals surface area contributed by atoms with Crippen LogP contribution in [0.2, 0.25) is 0 Å². The SMILES string of the molecule is CCCC(=O)n1cc(CCC)n(Cc2ccc(-c3ccccc3C(=O)O)cc2)c1=O. The molecule has 30 heavy (non-hydrogen) atoms. The number of hydrogen-bond acceptors (Lipinski definition) is 3. The summed E-state index contributed by atoms with van der Waals surface area (Å²) in [4.78, 5) is 36.6. The molecule has 6 nitrogen and oxygen atoms in total. The molecule has 0 bridgehead atoms. The summed E-state index contributed by atoms with van der Waals surface area (Å²) < 4.78 is 2.88. The first-order chi connectivity index (χ1) is 14.5. The average Bonchev–Trinajstić information content (AvgIpc) is 3.04. The molecule has 0 unspecified atom stereocenters. The van der Waals surface area contributed by atoms with Gasteiger partial charge in [-0.05, 0) is 35.6 Å². The number of imidazole rings is 1. The Balaban J connectivity index is 1.91. The van der Waals surface area contributed by atoms with Gasteiger partial charge in [0.2, 0.25) is 5.91 Å². The van der Waals surface area contributed by atoms with Crippen LogP contribution in [0.4, 0.5) is 0 Å². The van der Waals surface area contributed by atoms with Crippen molar-refractivity contribution < 1.29 is 14.7 Å². The first kappa shape index (κ1) is 21.3. The minimum atomic E-state index is -0.969. The van der Waals surface area contributed by atoms with Crippen molar-refractivity contribution in [3.05, 3.63) is 82.0 Å². The fourth-order valence-electron chi connectivity index (χ4n) is 3.56. The van der Waals surface area contributed by atoms with Crippen LogP contribution in [-0.4, -0.2) is 26.1 Å². The number of carboxylic acid groups (broad SMARTS) is 1. The lowest BCUT2D eigenvalue weighted by molar-refractivity contribution is 0.0697. The summed E-state index contributed by atoms with van der Waals surface area (Å²) in [6, 6.07) is 14.4. The van der Waals surface area contributed by atoms with Crippen molar-refractivity contribution in [2.75, 3.05) is 0 Å². The van der Waals surface area contributed by atoms with Crippen LogP contribution in [-0.2, 0) is 13.0 Å². The highest BCUT2D eigenvalue weighted by Crippen LogP contribution is 2.24. The summed E-state index contributed by atoms with van der Waals surface area (Å²) in [5, 5.41) is 9.41. The van der Waals surface area contributed by atoms with E-state index in [-0.39, 0.29) is 17.2 Å². The highest BCUT2D eigenvalue weighted by Gasteiger charge is 2.16. The lowest BCUT2D eigenvalue weighted by Crippen LogP contribution is -2.29. The lowest BCUT2D eigenvalue weighted by atomic mass is 9.99. The molecule has 2 aromatic carbocycles. The summed E-state index contributed by atoms with van der Waals surface area (Å²) in [6.07, 6.45) is 4.29. The minimum absolute atomic E-state index is 0.181. The smallest absolute Gasteiger partial charge is 0.336 e. The predicted molar refractivity (Wildman–Crippen MR) is 116 cm³/mol. The van der Waals surface area contributed by atoms with E-state index in [0.29, 0.717) is 31.4 Å². The Morgan fingerprint density at radius 3 is 2.30 bits per heavy atom. The molecule has 0 aliphatic rings. The van der Waals surface area contributed by atoms with E-state index in [1.165, 1.54) is 4.57 Å². The molecule has 1 aromatic heterocycles. The predicted octanol–water partition coefficient (Wildman–Crippen LogP) is 4.46. The van der Waals surface area contributed by atoms with E-state index in [2.05, 4.69) is 0 Å². The van der Waals surface area contributed by atoms with Gasteiger partial charge in [0.25, 0.3) is 0 Å². The van der Waals surface area contributed by atoms with Gasteiger partial charge < -0.3 is 5.11 Å². The van der Waals surface area contributed by atoms with Gasteiger partial charge in [-0.3, -0.25) is 9.36 Å². The first-order valence-corrected chi connectivity index (χ1v) is 10.2. The van der Waals surface area contributed by atoms with E-state index in [1.54, 1.807) is 29.0 Å². The van der Waals surface area contributed by atoms with Crippen LogP contribution in [0.3, 0.4) is 0 Å². The van der Waals surface area contributed by atoms with E-state index < -0.39 is 5.97 Å². The summed E-state index contributed by atoms with van der Waals surface area (Å²) in [7, 11) is 0. The number of carboxylic acids is 1. The quantitative estimate of drug-likeness (QED) is 0.599. The Hall–Kier alpha value is -3.41. The number of aryl methyl sites for hydroxylation is 1. The van der Waals surface area contributed by atoms with Crippen molar-refractivity contribution in [3.63, 3.8) is 0 Å². The van der Waals surface area contributed by atoms with Crippen LogP contribution in [0.1, 0.15) is 59.5 Å². The number of aromatic carboxylic acids is 1. The average molecular weight is 406 g/mol. The van der Waals surface area contributed by atoms with Crippen molar-refractivity contribution in [2.45, 2.75) is 46.1 Å². The molecule has 3 aromatic rings. The number of carbonyl (C=O) groups excluding carboxylic acids is 1. The van der Waals surface area contributed by atoms with Crippen LogP contribution in [0.15, 0.2) is 59.5 Å². The maximum Gasteiger partial charge on any atom is 0.336 e. The van der Waals surface area contributed by atoms with Gasteiger partial charge in [-0.2, -0.15) is 0 Å². The molecule has 0 spiro atoms. The molecule has 0 atom stereocenters. The minimum Gasteiger partial charge on any atom is -0.478 e. The number of nitrogens with zero attached hydrogens (tertiary/aromatic N) is 2. The van der Waals surface area contributed by atoms with Crippen LogP contribution < -0.4 is 5.69 Å². The summed E-state index contributed by atoms with van der Waals surface area (Å²) in [6.45, 7) is 4.31. The second kappa shape index (κ2) is 9.39. The van der Waals surface area contributed by atoms with E-state index in [1.807, 2.05) is 44.2 Å². The molecule has 1 heterocycles. The summed E-state index contributed by atoms with van der Waals surface area (Å²) in [5.74, 6) is -1.15. The molecule has 0 fully saturated rings. The molecule has 0 radical (unpaired) electrons. The van der Waals surface area contributed by atoms with E-state index in [4.69, 9.17) is 0 Å². The van der Waals surface area contributed by atoms with Gasteiger partial charge in [0.1, 0.15) is 0 Å². The fraction of sp³-hybridized carbons (Fsp3) is 0.292. The lowest BCUT2D eigenvalue weighted by Gasteiger charge is -2.09. The molecule has 0 aliphatic heterocycles. The normalized spacial score (nSPS) is 10.9. The van der Waals surface area contributed by atoms with Crippen LogP contribution in [0.5, 0.6) is 0 Å². The molecule has 0 aliphatic carbocycles. The Morgan fingerprint density at radius 1 is 0.967 bits per heavy atom. The second-order valence-corrected chi connectivity index (χ2v) is 7.30. The van der Waals surface area contributed by atoms with Crippen molar-refractivity contribution in [2.24, 2.45) is 0 Å². The third-order valence-electron chi connectivity index (χ3n) is 5.06. The Morgan fingerprint density at radius 2 is 1.67 bits per heavy atom. The van der Waals surface area contributed by atoms with Crippen molar-refractivity contribution in [1.82, 2.24) is 9.13 Å². The molecule has 156 valence electrons. The highest BCUT2D eigenvalue weighted by molar-refractivity contribution is 5.96. The van der Waals surface area contributed by atoms with Gasteiger partial charge in [0.05, 0.1) is 12.1 Å². The van der Waals surface area contributed by atoms with Gasteiger partial charge in [0, 0.05) is 18.3 Å². The standard InChI is InChI=1S/C24H26N2O4/c1-3-7-19-16-26(22(27)8-4-2)24(30)25(19)15-17-11-13-18(14-12-17)20-9-5-6-10-21(20)23(28)29/h5-6,9-14,16H,3-4,7-8,15H2,1-2H3,(H,28,29). The van der Waals surface area contributed by atoms with Crippen molar-refractivity contribution in [3.8, 4) is 11.1 Å². The zero-order chi connectivity index (χ0) is 21.7. The number of hydrogen-bond donors (Lipinski definition) is 1. The van der Waals surface area contributed by atoms with E-state index in [0.717, 1.165) is 23.2 Å². The van der Waals surface area contributed by atoms with Gasteiger partial charge in [-0.1, -0.05) is 62.7 Å². The Bertz CT molecular complexity index is 1110. The van der Waals surface area contributed by atoms with Gasteiger partial charge >= 0.3 is 11.7 Å². The molecule has 1 N–H and O–H groups in total. The molecule has 0 saturated heterocycles. The Labute approximate surface area is 175 Å². The molecule has 6 heteroatoms. The monoisotopic (exact) mass is 406 g/mol. The number of benzene rings is 2. The number of aromatic nitrogens is 2. The van der Waals surface area contributed by atoms with Crippen LogP contribution >= 0.6 is 0 Å². The van der Waals surface area contributed by atoms with Crippen molar-refractivity contribution >= 4 is 11.9 Å². The molecule has 0 amide bonds. The second-order valence-electron chi connectivity index (χ2n) is 7.30.